The lowest BCUT2D eigenvalue weighted by atomic mass is 10.2. The lowest BCUT2D eigenvalue weighted by Crippen LogP contribution is -1.90. The van der Waals surface area contributed by atoms with Gasteiger partial charge in [-0.05, 0) is 12.1 Å². The molecule has 0 aliphatic rings. The van der Waals surface area contributed by atoms with Crippen LogP contribution >= 0.6 is 0 Å². The third-order valence-corrected chi connectivity index (χ3v) is 2.12. The molecule has 14 heavy (non-hydrogen) atoms. The third kappa shape index (κ3) is 0.939. The Morgan fingerprint density at radius 1 is 0.786 bits per heavy atom. The lowest BCUT2D eigenvalue weighted by molar-refractivity contribution is 1.05. The summed E-state index contributed by atoms with van der Waals surface area (Å²) in [6.07, 6.45) is 1.62. The molecular formula is C10H6N4. The highest BCUT2D eigenvalue weighted by atomic mass is 15.1. The zero-order valence-corrected chi connectivity index (χ0v) is 7.25. The van der Waals surface area contributed by atoms with Crippen molar-refractivity contribution in [3.63, 3.8) is 0 Å². The van der Waals surface area contributed by atoms with E-state index in [1.807, 2.05) is 30.3 Å². The summed E-state index contributed by atoms with van der Waals surface area (Å²) >= 11 is 0. The van der Waals surface area contributed by atoms with Crippen molar-refractivity contribution in [3.05, 3.63) is 36.5 Å². The van der Waals surface area contributed by atoms with Crippen LogP contribution in [0.15, 0.2) is 36.5 Å². The first-order valence-electron chi connectivity index (χ1n) is 4.28. The molecule has 0 aliphatic carbocycles. The van der Waals surface area contributed by atoms with E-state index in [1.165, 1.54) is 0 Å². The van der Waals surface area contributed by atoms with E-state index in [0.717, 1.165) is 21.9 Å². The predicted molar refractivity (Wildman–Crippen MR) is 52.6 cm³/mol. The fourth-order valence-corrected chi connectivity index (χ4v) is 1.47. The molecule has 0 saturated heterocycles. The SMILES string of the molecule is c1ccc2c(c1)nnc1ccnnc12. The summed E-state index contributed by atoms with van der Waals surface area (Å²) in [5.41, 5.74) is 2.43. The summed E-state index contributed by atoms with van der Waals surface area (Å²) < 4.78 is 0. The molecule has 0 aliphatic heterocycles. The summed E-state index contributed by atoms with van der Waals surface area (Å²) in [6.45, 7) is 0. The second-order valence-electron chi connectivity index (χ2n) is 2.98. The fourth-order valence-electron chi connectivity index (χ4n) is 1.47. The van der Waals surface area contributed by atoms with Crippen molar-refractivity contribution in [2.75, 3.05) is 0 Å². The summed E-state index contributed by atoms with van der Waals surface area (Å²) in [5.74, 6) is 0. The van der Waals surface area contributed by atoms with E-state index in [9.17, 15) is 0 Å². The molecule has 0 unspecified atom stereocenters. The van der Waals surface area contributed by atoms with Crippen LogP contribution in [0.2, 0.25) is 0 Å². The molecule has 1 aromatic carbocycles. The van der Waals surface area contributed by atoms with Crippen molar-refractivity contribution in [1.29, 1.82) is 0 Å². The van der Waals surface area contributed by atoms with E-state index in [1.54, 1.807) is 6.20 Å². The minimum absolute atomic E-state index is 0.777. The number of hydrogen-bond acceptors (Lipinski definition) is 4. The quantitative estimate of drug-likeness (QED) is 0.495. The highest BCUT2D eigenvalue weighted by Crippen LogP contribution is 2.17. The summed E-state index contributed by atoms with van der Waals surface area (Å²) in [5, 5.41) is 17.0. The van der Waals surface area contributed by atoms with Gasteiger partial charge < -0.3 is 0 Å². The third-order valence-electron chi connectivity index (χ3n) is 2.12. The van der Waals surface area contributed by atoms with Gasteiger partial charge in [-0.25, -0.2) is 0 Å². The number of aromatic nitrogens is 4. The van der Waals surface area contributed by atoms with Gasteiger partial charge in [0.2, 0.25) is 0 Å². The maximum Gasteiger partial charge on any atom is 0.123 e. The van der Waals surface area contributed by atoms with Gasteiger partial charge in [-0.15, -0.1) is 15.3 Å². The molecule has 0 atom stereocenters. The lowest BCUT2D eigenvalue weighted by Gasteiger charge is -1.98. The number of fused-ring (bicyclic) bond motifs is 3. The Hall–Kier alpha value is -2.10. The van der Waals surface area contributed by atoms with Crippen LogP contribution < -0.4 is 0 Å². The van der Waals surface area contributed by atoms with Crippen LogP contribution in [0.5, 0.6) is 0 Å². The molecule has 2 aromatic heterocycles. The van der Waals surface area contributed by atoms with Crippen LogP contribution in [0, 0.1) is 0 Å². The second kappa shape index (κ2) is 2.70. The minimum atomic E-state index is 0.777. The molecule has 0 saturated carbocycles. The molecule has 0 bridgehead atoms. The Bertz CT molecular complexity index is 551. The van der Waals surface area contributed by atoms with Crippen LogP contribution in [0.4, 0.5) is 0 Å². The molecule has 0 fully saturated rings. The maximum absolute atomic E-state index is 4.09. The van der Waals surface area contributed by atoms with Crippen molar-refractivity contribution in [2.24, 2.45) is 0 Å². The summed E-state index contributed by atoms with van der Waals surface area (Å²) in [4.78, 5) is 0. The van der Waals surface area contributed by atoms with Crippen molar-refractivity contribution in [2.45, 2.75) is 0 Å². The number of hydrogen-bond donors (Lipinski definition) is 0. The molecule has 0 spiro atoms. The van der Waals surface area contributed by atoms with Gasteiger partial charge in [-0.1, -0.05) is 18.2 Å². The first kappa shape index (κ1) is 7.32. The van der Waals surface area contributed by atoms with Gasteiger partial charge in [0.25, 0.3) is 0 Å². The molecule has 4 heteroatoms. The second-order valence-corrected chi connectivity index (χ2v) is 2.98. The molecule has 66 valence electrons. The van der Waals surface area contributed by atoms with Crippen LogP contribution in [0.25, 0.3) is 21.9 Å². The largest absolute Gasteiger partial charge is 0.158 e. The molecule has 0 N–H and O–H groups in total. The average Bonchev–Trinajstić information content (AvgIpc) is 2.29. The predicted octanol–water partition coefficient (Wildman–Crippen LogP) is 1.57. The van der Waals surface area contributed by atoms with Crippen molar-refractivity contribution in [3.8, 4) is 0 Å². The topological polar surface area (TPSA) is 51.6 Å². The zero-order chi connectivity index (χ0) is 9.38. The molecule has 2 heterocycles. The Morgan fingerprint density at radius 2 is 1.64 bits per heavy atom. The monoisotopic (exact) mass is 182 g/mol. The van der Waals surface area contributed by atoms with Crippen LogP contribution in [-0.2, 0) is 0 Å². The molecule has 3 rings (SSSR count). The highest BCUT2D eigenvalue weighted by Gasteiger charge is 2.02. The van der Waals surface area contributed by atoms with E-state index in [0.29, 0.717) is 0 Å². The van der Waals surface area contributed by atoms with Crippen LogP contribution in [0.3, 0.4) is 0 Å². The van der Waals surface area contributed by atoms with E-state index < -0.39 is 0 Å². The first-order chi connectivity index (χ1) is 6.95. The Balaban J connectivity index is 2.61. The van der Waals surface area contributed by atoms with Crippen LogP contribution in [0.1, 0.15) is 0 Å². The molecule has 3 aromatic rings. The average molecular weight is 182 g/mol. The summed E-state index contributed by atoms with van der Waals surface area (Å²) in [7, 11) is 0. The number of rotatable bonds is 0. The fraction of sp³-hybridized carbons (Fsp3) is 0. The van der Waals surface area contributed by atoms with Crippen molar-refractivity contribution >= 4 is 21.9 Å². The van der Waals surface area contributed by atoms with E-state index >= 15 is 0 Å². The van der Waals surface area contributed by atoms with Crippen molar-refractivity contribution < 1.29 is 0 Å². The standard InChI is InChI=1S/C10H6N4/c1-2-4-8-7(3-1)10-9(13-12-8)5-6-11-14-10/h1-6H. The molecule has 0 amide bonds. The molecular weight excluding hydrogens is 176 g/mol. The van der Waals surface area contributed by atoms with Gasteiger partial charge in [-0.3, -0.25) is 0 Å². The van der Waals surface area contributed by atoms with Crippen LogP contribution in [-0.4, -0.2) is 20.4 Å². The summed E-state index contributed by atoms with van der Waals surface area (Å²) in [6, 6.07) is 9.58. The number of nitrogens with zero attached hydrogens (tertiary/aromatic N) is 4. The first-order valence-corrected chi connectivity index (χ1v) is 4.28. The Morgan fingerprint density at radius 3 is 2.64 bits per heavy atom. The minimum Gasteiger partial charge on any atom is -0.158 e. The Kier molecular flexibility index (Phi) is 1.41. The maximum atomic E-state index is 4.09. The van der Waals surface area contributed by atoms with Gasteiger partial charge in [0.05, 0.1) is 11.7 Å². The van der Waals surface area contributed by atoms with Gasteiger partial charge in [0.15, 0.2) is 0 Å². The number of benzene rings is 1. The molecule has 0 radical (unpaired) electrons. The van der Waals surface area contributed by atoms with Gasteiger partial charge in [0, 0.05) is 5.39 Å². The smallest absolute Gasteiger partial charge is 0.123 e. The molecule has 4 nitrogen and oxygen atoms in total. The van der Waals surface area contributed by atoms with Gasteiger partial charge in [0.1, 0.15) is 11.0 Å². The van der Waals surface area contributed by atoms with E-state index in [4.69, 9.17) is 0 Å². The van der Waals surface area contributed by atoms with Gasteiger partial charge in [-0.2, -0.15) is 5.10 Å². The highest BCUT2D eigenvalue weighted by molar-refractivity contribution is 6.00. The van der Waals surface area contributed by atoms with E-state index in [-0.39, 0.29) is 0 Å². The normalized spacial score (nSPS) is 10.9. The van der Waals surface area contributed by atoms with Gasteiger partial charge >= 0.3 is 0 Å². The zero-order valence-electron chi connectivity index (χ0n) is 7.25. The Labute approximate surface area is 79.6 Å². The van der Waals surface area contributed by atoms with E-state index in [2.05, 4.69) is 20.4 Å². The van der Waals surface area contributed by atoms with Crippen molar-refractivity contribution in [1.82, 2.24) is 20.4 Å².